The van der Waals surface area contributed by atoms with Gasteiger partial charge in [-0.3, -0.25) is 10.1 Å². The highest BCUT2D eigenvalue weighted by atomic mass is 32.2. The number of rotatable bonds is 5. The first-order valence-corrected chi connectivity index (χ1v) is 9.20. The van der Waals surface area contributed by atoms with E-state index in [1.165, 1.54) is 6.26 Å². The average Bonchev–Trinajstić information content (AvgIpc) is 2.86. The molecule has 1 unspecified atom stereocenters. The van der Waals surface area contributed by atoms with Gasteiger partial charge in [-0.1, -0.05) is 26.2 Å². The Morgan fingerprint density at radius 2 is 2.00 bits per heavy atom. The van der Waals surface area contributed by atoms with Crippen LogP contribution in [0.1, 0.15) is 45.4 Å². The lowest BCUT2D eigenvalue weighted by Gasteiger charge is -2.23. The quantitative estimate of drug-likeness (QED) is 0.816. The predicted octanol–water partition coefficient (Wildman–Crippen LogP) is 0.902. The summed E-state index contributed by atoms with van der Waals surface area (Å²) < 4.78 is 22.6. The van der Waals surface area contributed by atoms with Crippen molar-refractivity contribution in [3.63, 3.8) is 0 Å². The molecule has 5 nitrogen and oxygen atoms in total. The molecule has 0 aromatic carbocycles. The molecule has 0 aromatic rings. The van der Waals surface area contributed by atoms with E-state index in [9.17, 15) is 13.2 Å². The van der Waals surface area contributed by atoms with Gasteiger partial charge in [0.15, 0.2) is 0 Å². The summed E-state index contributed by atoms with van der Waals surface area (Å²) in [6.07, 6.45) is 7.05. The normalized spacial score (nSPS) is 26.5. The van der Waals surface area contributed by atoms with Crippen LogP contribution in [0.4, 0.5) is 0 Å². The first-order chi connectivity index (χ1) is 8.88. The van der Waals surface area contributed by atoms with E-state index in [2.05, 4.69) is 12.2 Å². The Balaban J connectivity index is 2.11. The summed E-state index contributed by atoms with van der Waals surface area (Å²) in [5, 5.41) is 3.48. The fourth-order valence-corrected chi connectivity index (χ4v) is 3.76. The van der Waals surface area contributed by atoms with Crippen LogP contribution in [0.15, 0.2) is 0 Å². The molecule has 0 aromatic heterocycles. The zero-order valence-electron chi connectivity index (χ0n) is 11.8. The number of carbonyl (C=O) groups is 1. The van der Waals surface area contributed by atoms with Crippen LogP contribution in [0.5, 0.6) is 0 Å². The summed E-state index contributed by atoms with van der Waals surface area (Å²) in [4.78, 5) is 14.4. The van der Waals surface area contributed by atoms with E-state index in [4.69, 9.17) is 0 Å². The standard InChI is InChI=1S/C13H24N2O3S/c1-3-6-11-14-13(7-4-5-8-13)12(16)15(11)9-10-19(2,17)18/h11,14H,3-10H2,1-2H3. The van der Waals surface area contributed by atoms with Crippen LogP contribution < -0.4 is 5.32 Å². The van der Waals surface area contributed by atoms with E-state index >= 15 is 0 Å². The van der Waals surface area contributed by atoms with Crippen molar-refractivity contribution in [3.05, 3.63) is 0 Å². The van der Waals surface area contributed by atoms with Gasteiger partial charge >= 0.3 is 0 Å². The van der Waals surface area contributed by atoms with E-state index in [0.29, 0.717) is 6.54 Å². The first-order valence-electron chi connectivity index (χ1n) is 7.14. The fraction of sp³-hybridized carbons (Fsp3) is 0.923. The molecule has 2 rings (SSSR count). The fourth-order valence-electron chi connectivity index (χ4n) is 3.23. The van der Waals surface area contributed by atoms with E-state index < -0.39 is 15.4 Å². The zero-order valence-corrected chi connectivity index (χ0v) is 12.6. The Hall–Kier alpha value is -0.620. The summed E-state index contributed by atoms with van der Waals surface area (Å²) in [6, 6.07) is 0. The SMILES string of the molecule is CCCC1NC2(CCCC2)C(=O)N1CCS(C)(=O)=O. The molecule has 1 spiro atoms. The molecule has 1 aliphatic carbocycles. The lowest BCUT2D eigenvalue weighted by molar-refractivity contribution is -0.133. The maximum Gasteiger partial charge on any atom is 0.244 e. The van der Waals surface area contributed by atoms with Crippen LogP contribution in [-0.2, 0) is 14.6 Å². The topological polar surface area (TPSA) is 66.5 Å². The second-order valence-corrected chi connectivity index (χ2v) is 8.13. The van der Waals surface area contributed by atoms with E-state index in [0.717, 1.165) is 38.5 Å². The van der Waals surface area contributed by atoms with E-state index in [1.807, 2.05) is 0 Å². The lowest BCUT2D eigenvalue weighted by atomic mass is 9.98. The number of hydrogen-bond donors (Lipinski definition) is 1. The Kier molecular flexibility index (Phi) is 4.20. The Labute approximate surface area is 115 Å². The maximum atomic E-state index is 12.6. The van der Waals surface area contributed by atoms with Gasteiger partial charge in [0.2, 0.25) is 5.91 Å². The molecule has 19 heavy (non-hydrogen) atoms. The van der Waals surface area contributed by atoms with Crippen molar-refractivity contribution >= 4 is 15.7 Å². The van der Waals surface area contributed by atoms with Crippen LogP contribution in [0.3, 0.4) is 0 Å². The van der Waals surface area contributed by atoms with Crippen molar-refractivity contribution in [3.8, 4) is 0 Å². The second-order valence-electron chi connectivity index (χ2n) is 5.87. The summed E-state index contributed by atoms with van der Waals surface area (Å²) in [5.74, 6) is 0.170. The Morgan fingerprint density at radius 3 is 2.53 bits per heavy atom. The van der Waals surface area contributed by atoms with Crippen LogP contribution >= 0.6 is 0 Å². The van der Waals surface area contributed by atoms with Gasteiger partial charge in [-0.25, -0.2) is 8.42 Å². The van der Waals surface area contributed by atoms with Gasteiger partial charge in [0.1, 0.15) is 9.84 Å². The Bertz CT molecular complexity index is 441. The summed E-state index contributed by atoms with van der Waals surface area (Å²) in [6.45, 7) is 2.40. The van der Waals surface area contributed by atoms with Crippen LogP contribution in [0.2, 0.25) is 0 Å². The van der Waals surface area contributed by atoms with E-state index in [-0.39, 0.29) is 17.8 Å². The molecule has 1 saturated heterocycles. The monoisotopic (exact) mass is 288 g/mol. The summed E-state index contributed by atoms with van der Waals surface area (Å²) in [7, 11) is -3.03. The molecule has 2 fully saturated rings. The van der Waals surface area contributed by atoms with Crippen molar-refractivity contribution in [2.75, 3.05) is 18.6 Å². The number of hydrogen-bond acceptors (Lipinski definition) is 4. The number of sulfone groups is 1. The molecule has 6 heteroatoms. The molecule has 0 bridgehead atoms. The number of carbonyl (C=O) groups excluding carboxylic acids is 1. The molecule has 1 atom stereocenters. The van der Waals surface area contributed by atoms with Crippen LogP contribution in [0, 0.1) is 0 Å². The smallest absolute Gasteiger partial charge is 0.244 e. The minimum absolute atomic E-state index is 0.0114. The molecule has 1 saturated carbocycles. The molecule has 1 heterocycles. The minimum atomic E-state index is -3.03. The molecule has 0 radical (unpaired) electrons. The summed E-state index contributed by atoms with van der Waals surface area (Å²) in [5.41, 5.74) is -0.392. The van der Waals surface area contributed by atoms with Gasteiger partial charge in [0, 0.05) is 12.8 Å². The highest BCUT2D eigenvalue weighted by Crippen LogP contribution is 2.37. The largest absolute Gasteiger partial charge is 0.325 e. The third-order valence-corrected chi connectivity index (χ3v) is 5.14. The van der Waals surface area contributed by atoms with Crippen LogP contribution in [0.25, 0.3) is 0 Å². The van der Waals surface area contributed by atoms with Gasteiger partial charge in [-0.05, 0) is 19.3 Å². The molecular weight excluding hydrogens is 264 g/mol. The van der Waals surface area contributed by atoms with Crippen LogP contribution in [-0.4, -0.2) is 49.5 Å². The second kappa shape index (κ2) is 5.40. The molecular formula is C13H24N2O3S. The number of nitrogens with zero attached hydrogens (tertiary/aromatic N) is 1. The van der Waals surface area contributed by atoms with Crippen molar-refractivity contribution in [1.29, 1.82) is 0 Å². The summed E-state index contributed by atoms with van der Waals surface area (Å²) >= 11 is 0. The third-order valence-electron chi connectivity index (χ3n) is 4.21. The van der Waals surface area contributed by atoms with Gasteiger partial charge in [-0.2, -0.15) is 0 Å². The molecule has 1 aliphatic heterocycles. The number of nitrogens with one attached hydrogen (secondary N) is 1. The molecule has 1 amide bonds. The first kappa shape index (κ1) is 14.8. The zero-order chi connectivity index (χ0) is 14.1. The number of amides is 1. The van der Waals surface area contributed by atoms with Gasteiger partial charge in [0.05, 0.1) is 17.5 Å². The van der Waals surface area contributed by atoms with Crippen molar-refractivity contribution in [2.45, 2.75) is 57.2 Å². The highest BCUT2D eigenvalue weighted by Gasteiger charge is 2.51. The van der Waals surface area contributed by atoms with Gasteiger partial charge in [0.25, 0.3) is 0 Å². The van der Waals surface area contributed by atoms with Crippen molar-refractivity contribution in [2.24, 2.45) is 0 Å². The van der Waals surface area contributed by atoms with Crippen molar-refractivity contribution < 1.29 is 13.2 Å². The average molecular weight is 288 g/mol. The van der Waals surface area contributed by atoms with Gasteiger partial charge < -0.3 is 4.90 Å². The highest BCUT2D eigenvalue weighted by molar-refractivity contribution is 7.90. The van der Waals surface area contributed by atoms with Gasteiger partial charge in [-0.15, -0.1) is 0 Å². The van der Waals surface area contributed by atoms with E-state index in [1.54, 1.807) is 4.90 Å². The molecule has 110 valence electrons. The van der Waals surface area contributed by atoms with Crippen molar-refractivity contribution in [1.82, 2.24) is 10.2 Å². The minimum Gasteiger partial charge on any atom is -0.325 e. The maximum absolute atomic E-state index is 12.6. The predicted molar refractivity (Wildman–Crippen MR) is 74.5 cm³/mol. The third kappa shape index (κ3) is 3.11. The Morgan fingerprint density at radius 1 is 1.37 bits per heavy atom. The lowest BCUT2D eigenvalue weighted by Crippen LogP contribution is -2.44. The molecule has 1 N–H and O–H groups in total. The molecule has 2 aliphatic rings.